The largest absolute Gasteiger partial charge is 0.198 e. The Bertz CT molecular complexity index is 431. The lowest BCUT2D eigenvalue weighted by atomic mass is 10.0. The van der Waals surface area contributed by atoms with Crippen LogP contribution in [0.1, 0.15) is 23.1 Å². The van der Waals surface area contributed by atoms with Crippen LogP contribution in [0.4, 0.5) is 0 Å². The Morgan fingerprint density at radius 3 is 2.79 bits per heavy atom. The molecule has 0 aliphatic heterocycles. The van der Waals surface area contributed by atoms with Crippen LogP contribution in [0, 0.1) is 29.6 Å². The van der Waals surface area contributed by atoms with E-state index in [0.717, 1.165) is 11.1 Å². The Morgan fingerprint density at radius 1 is 1.36 bits per heavy atom. The molecule has 0 aliphatic rings. The minimum Gasteiger partial charge on any atom is -0.198 e. The Kier molecular flexibility index (Phi) is 3.47. The van der Waals surface area contributed by atoms with Crippen molar-refractivity contribution in [3.05, 3.63) is 41.0 Å². The lowest BCUT2D eigenvalue weighted by Gasteiger charge is -1.98. The summed E-state index contributed by atoms with van der Waals surface area (Å²) < 4.78 is 0. The summed E-state index contributed by atoms with van der Waals surface area (Å²) in [5, 5.41) is 17.2. The number of rotatable bonds is 2. The van der Waals surface area contributed by atoms with Gasteiger partial charge in [0.25, 0.3) is 0 Å². The zero-order valence-corrected chi connectivity index (χ0v) is 7.99. The van der Waals surface area contributed by atoms with Crippen molar-refractivity contribution in [1.82, 2.24) is 0 Å². The third-order valence-electron chi connectivity index (χ3n) is 1.83. The first-order valence-electron chi connectivity index (χ1n) is 4.32. The van der Waals surface area contributed by atoms with Crippen molar-refractivity contribution in [2.45, 2.75) is 13.3 Å². The van der Waals surface area contributed by atoms with Crippen LogP contribution in [0.2, 0.25) is 0 Å². The molecular formula is C12H10N2. The first-order chi connectivity index (χ1) is 6.77. The molecule has 0 atom stereocenters. The Labute approximate surface area is 83.7 Å². The molecule has 0 fully saturated rings. The van der Waals surface area contributed by atoms with Crippen LogP contribution >= 0.6 is 0 Å². The van der Waals surface area contributed by atoms with Crippen molar-refractivity contribution in [2.24, 2.45) is 0 Å². The van der Waals surface area contributed by atoms with Gasteiger partial charge < -0.3 is 0 Å². The topological polar surface area (TPSA) is 47.6 Å². The maximum absolute atomic E-state index is 8.82. The maximum atomic E-state index is 8.82. The summed E-state index contributed by atoms with van der Waals surface area (Å²) in [6.07, 6.45) is 3.95. The van der Waals surface area contributed by atoms with Crippen LogP contribution in [0.15, 0.2) is 24.3 Å². The molecule has 2 nitrogen and oxygen atoms in total. The first kappa shape index (κ1) is 10.0. The zero-order valence-electron chi connectivity index (χ0n) is 7.99. The maximum Gasteiger partial charge on any atom is 0.0997 e. The molecule has 1 rings (SSSR count). The molecule has 0 saturated heterocycles. The van der Waals surface area contributed by atoms with Gasteiger partial charge in [0.05, 0.1) is 24.1 Å². The minimum absolute atomic E-state index is 0.374. The fraction of sp³-hybridized carbons (Fsp3) is 0.167. The van der Waals surface area contributed by atoms with Crippen LogP contribution in [-0.2, 0) is 0 Å². The van der Waals surface area contributed by atoms with E-state index < -0.39 is 0 Å². The van der Waals surface area contributed by atoms with Crippen LogP contribution in [0.5, 0.6) is 0 Å². The van der Waals surface area contributed by atoms with Crippen LogP contribution in [0.3, 0.4) is 0 Å². The standard InChI is InChI=1S/C12H10N2/c1-10-5-6-12(9-14)11(8-10)4-2-3-7-13/h2,4-6,8H,3H2,1H3. The van der Waals surface area contributed by atoms with E-state index in [2.05, 4.69) is 6.07 Å². The number of allylic oxidation sites excluding steroid dienone is 1. The van der Waals surface area contributed by atoms with E-state index in [0.29, 0.717) is 12.0 Å². The highest BCUT2D eigenvalue weighted by molar-refractivity contribution is 5.59. The van der Waals surface area contributed by atoms with Crippen molar-refractivity contribution >= 4 is 6.08 Å². The number of nitriles is 2. The SMILES string of the molecule is Cc1ccc(C#N)c(C=CCC#N)c1. The highest BCUT2D eigenvalue weighted by atomic mass is 14.2. The third-order valence-corrected chi connectivity index (χ3v) is 1.83. The second-order valence-corrected chi connectivity index (χ2v) is 2.97. The number of benzene rings is 1. The van der Waals surface area contributed by atoms with Gasteiger partial charge in [0.1, 0.15) is 0 Å². The van der Waals surface area contributed by atoms with E-state index in [-0.39, 0.29) is 0 Å². The van der Waals surface area contributed by atoms with Gasteiger partial charge in [0, 0.05) is 0 Å². The van der Waals surface area contributed by atoms with E-state index >= 15 is 0 Å². The Morgan fingerprint density at radius 2 is 2.14 bits per heavy atom. The average molecular weight is 182 g/mol. The van der Waals surface area contributed by atoms with Crippen LogP contribution in [0.25, 0.3) is 6.08 Å². The van der Waals surface area contributed by atoms with E-state index in [4.69, 9.17) is 10.5 Å². The van der Waals surface area contributed by atoms with Crippen molar-refractivity contribution < 1.29 is 0 Å². The fourth-order valence-electron chi connectivity index (χ4n) is 1.16. The molecule has 0 heterocycles. The lowest BCUT2D eigenvalue weighted by Crippen LogP contribution is -1.83. The van der Waals surface area contributed by atoms with Crippen molar-refractivity contribution in [2.75, 3.05) is 0 Å². The van der Waals surface area contributed by atoms with Gasteiger partial charge in [-0.15, -0.1) is 0 Å². The third kappa shape index (κ3) is 2.47. The molecule has 0 aromatic heterocycles. The van der Waals surface area contributed by atoms with Gasteiger partial charge in [-0.05, 0) is 18.6 Å². The second kappa shape index (κ2) is 4.84. The van der Waals surface area contributed by atoms with Crippen LogP contribution in [-0.4, -0.2) is 0 Å². The molecule has 0 spiro atoms. The molecule has 14 heavy (non-hydrogen) atoms. The molecular weight excluding hydrogens is 172 g/mol. The fourth-order valence-corrected chi connectivity index (χ4v) is 1.16. The quantitative estimate of drug-likeness (QED) is 0.706. The van der Waals surface area contributed by atoms with Crippen molar-refractivity contribution in [3.8, 4) is 12.1 Å². The van der Waals surface area contributed by atoms with Gasteiger partial charge in [0.2, 0.25) is 0 Å². The van der Waals surface area contributed by atoms with Gasteiger partial charge in [-0.1, -0.05) is 29.8 Å². The summed E-state index contributed by atoms with van der Waals surface area (Å²) in [5.74, 6) is 0. The van der Waals surface area contributed by atoms with Gasteiger partial charge in [-0.25, -0.2) is 0 Å². The summed E-state index contributed by atoms with van der Waals surface area (Å²) in [6, 6.07) is 9.77. The smallest absolute Gasteiger partial charge is 0.0997 e. The Balaban J connectivity index is 3.02. The molecule has 0 aliphatic carbocycles. The summed E-state index contributed by atoms with van der Waals surface area (Å²) >= 11 is 0. The molecule has 0 bridgehead atoms. The number of hydrogen-bond acceptors (Lipinski definition) is 2. The van der Waals surface area contributed by atoms with Crippen molar-refractivity contribution in [3.63, 3.8) is 0 Å². The summed E-state index contributed by atoms with van der Waals surface area (Å²) in [7, 11) is 0. The van der Waals surface area contributed by atoms with E-state index in [1.54, 1.807) is 12.1 Å². The number of nitrogens with zero attached hydrogens (tertiary/aromatic N) is 2. The van der Waals surface area contributed by atoms with Crippen molar-refractivity contribution in [1.29, 1.82) is 10.5 Å². The molecule has 0 amide bonds. The molecule has 0 saturated carbocycles. The molecule has 0 N–H and O–H groups in total. The summed E-state index contributed by atoms with van der Waals surface area (Å²) in [6.45, 7) is 1.97. The molecule has 68 valence electrons. The average Bonchev–Trinajstić information content (AvgIpc) is 2.19. The van der Waals surface area contributed by atoms with E-state index in [1.165, 1.54) is 0 Å². The molecule has 2 heteroatoms. The number of aryl methyl sites for hydroxylation is 1. The number of hydrogen-bond donors (Lipinski definition) is 0. The van der Waals surface area contributed by atoms with Gasteiger partial charge >= 0.3 is 0 Å². The first-order valence-corrected chi connectivity index (χ1v) is 4.32. The monoisotopic (exact) mass is 182 g/mol. The van der Waals surface area contributed by atoms with Gasteiger partial charge in [-0.2, -0.15) is 10.5 Å². The molecule has 1 aromatic carbocycles. The van der Waals surface area contributed by atoms with Gasteiger partial charge in [0.15, 0.2) is 0 Å². The molecule has 0 unspecified atom stereocenters. The zero-order chi connectivity index (χ0) is 10.4. The van der Waals surface area contributed by atoms with E-state index in [9.17, 15) is 0 Å². The molecule has 0 radical (unpaired) electrons. The minimum atomic E-state index is 0.374. The molecule has 1 aromatic rings. The Hall–Kier alpha value is -2.06. The predicted octanol–water partition coefficient (Wildman–Crippen LogP) is 2.79. The predicted molar refractivity (Wildman–Crippen MR) is 55.2 cm³/mol. The van der Waals surface area contributed by atoms with Gasteiger partial charge in [-0.3, -0.25) is 0 Å². The van der Waals surface area contributed by atoms with E-state index in [1.807, 2.05) is 31.2 Å². The lowest BCUT2D eigenvalue weighted by molar-refractivity contribution is 1.36. The highest BCUT2D eigenvalue weighted by Gasteiger charge is 1.97. The van der Waals surface area contributed by atoms with Crippen LogP contribution < -0.4 is 0 Å². The second-order valence-electron chi connectivity index (χ2n) is 2.97. The summed E-state index contributed by atoms with van der Waals surface area (Å²) in [5.41, 5.74) is 2.63. The normalized spacial score (nSPS) is 9.64. The highest BCUT2D eigenvalue weighted by Crippen LogP contribution is 2.12. The summed E-state index contributed by atoms with van der Waals surface area (Å²) in [4.78, 5) is 0.